The van der Waals surface area contributed by atoms with Gasteiger partial charge in [0.15, 0.2) is 0 Å². The topological polar surface area (TPSA) is 70.6 Å². The summed E-state index contributed by atoms with van der Waals surface area (Å²) in [6, 6.07) is 7.81. The van der Waals surface area contributed by atoms with Crippen molar-refractivity contribution in [2.24, 2.45) is 5.92 Å². The molecule has 3 N–H and O–H groups in total. The minimum absolute atomic E-state index is 0.00311. The van der Waals surface area contributed by atoms with Gasteiger partial charge in [-0.05, 0) is 30.0 Å². The fourth-order valence-corrected chi connectivity index (χ4v) is 2.52. The van der Waals surface area contributed by atoms with Crippen molar-refractivity contribution >= 4 is 6.03 Å². The summed E-state index contributed by atoms with van der Waals surface area (Å²) in [5.41, 5.74) is 1.28. The van der Waals surface area contributed by atoms with Crippen molar-refractivity contribution in [1.82, 2.24) is 10.6 Å². The maximum absolute atomic E-state index is 11.8. The molecule has 126 valence electrons. The van der Waals surface area contributed by atoms with Gasteiger partial charge in [0.2, 0.25) is 0 Å². The van der Waals surface area contributed by atoms with Crippen LogP contribution in [0.3, 0.4) is 0 Å². The molecule has 1 aliphatic carbocycles. The van der Waals surface area contributed by atoms with E-state index in [9.17, 15) is 4.79 Å². The number of urea groups is 1. The summed E-state index contributed by atoms with van der Waals surface area (Å²) in [4.78, 5) is 11.8. The summed E-state index contributed by atoms with van der Waals surface area (Å²) in [5.74, 6) is 1.46. The molecule has 23 heavy (non-hydrogen) atoms. The van der Waals surface area contributed by atoms with Crippen LogP contribution in [0.2, 0.25) is 0 Å². The predicted molar refractivity (Wildman–Crippen MR) is 90.7 cm³/mol. The first-order valence-corrected chi connectivity index (χ1v) is 8.14. The molecular formula is C18H26N2O3. The minimum atomic E-state index is -0.211. The lowest BCUT2D eigenvalue weighted by Gasteiger charge is -2.14. The quantitative estimate of drug-likeness (QED) is 0.534. The van der Waals surface area contributed by atoms with Gasteiger partial charge in [-0.1, -0.05) is 38.1 Å². The molecule has 1 aromatic carbocycles. The van der Waals surface area contributed by atoms with Crippen LogP contribution in [0, 0.1) is 5.92 Å². The average Bonchev–Trinajstić information content (AvgIpc) is 2.99. The normalized spacial score (nSPS) is 19.8. The van der Waals surface area contributed by atoms with Gasteiger partial charge in [-0.3, -0.25) is 0 Å². The van der Waals surface area contributed by atoms with E-state index in [1.807, 2.05) is 24.3 Å². The van der Waals surface area contributed by atoms with Crippen LogP contribution in [0.1, 0.15) is 31.7 Å². The molecule has 0 bridgehead atoms. The third kappa shape index (κ3) is 5.60. The third-order valence-electron chi connectivity index (χ3n) is 3.93. The smallest absolute Gasteiger partial charge is 0.315 e. The van der Waals surface area contributed by atoms with Crippen molar-refractivity contribution in [3.05, 3.63) is 42.0 Å². The summed E-state index contributed by atoms with van der Waals surface area (Å²) in [7, 11) is 0. The molecule has 0 saturated heterocycles. The van der Waals surface area contributed by atoms with Crippen molar-refractivity contribution in [1.29, 1.82) is 0 Å². The van der Waals surface area contributed by atoms with Crippen molar-refractivity contribution in [3.8, 4) is 5.75 Å². The minimum Gasteiger partial charge on any atom is -0.492 e. The number of amides is 2. The van der Waals surface area contributed by atoms with E-state index in [1.54, 1.807) is 0 Å². The Balaban J connectivity index is 1.61. The molecule has 5 heteroatoms. The van der Waals surface area contributed by atoms with E-state index in [0.29, 0.717) is 19.1 Å². The summed E-state index contributed by atoms with van der Waals surface area (Å²) >= 11 is 0. The Hall–Kier alpha value is -2.01. The number of carbonyl (C=O) groups excluding carboxylic acids is 1. The second kappa shape index (κ2) is 8.58. The lowest BCUT2D eigenvalue weighted by molar-refractivity contribution is 0.228. The number of rotatable bonds is 7. The van der Waals surface area contributed by atoms with Gasteiger partial charge in [0, 0.05) is 18.6 Å². The molecule has 1 aromatic rings. The summed E-state index contributed by atoms with van der Waals surface area (Å²) < 4.78 is 5.61. The number of benzene rings is 1. The molecule has 0 saturated carbocycles. The SMILES string of the molecule is CC(C)c1ccc(OCCNC(=O)N[C@@H]2C=C[C@H](CO)C2)cc1. The van der Waals surface area contributed by atoms with Gasteiger partial charge in [0.1, 0.15) is 12.4 Å². The molecule has 2 amide bonds. The van der Waals surface area contributed by atoms with Crippen LogP contribution in [0.4, 0.5) is 4.79 Å². The average molecular weight is 318 g/mol. The highest BCUT2D eigenvalue weighted by molar-refractivity contribution is 5.74. The highest BCUT2D eigenvalue weighted by Gasteiger charge is 2.19. The van der Waals surface area contributed by atoms with Gasteiger partial charge in [0.25, 0.3) is 0 Å². The Morgan fingerprint density at radius 2 is 2.04 bits per heavy atom. The molecule has 2 atom stereocenters. The first-order chi connectivity index (χ1) is 11.1. The standard InChI is InChI=1S/C18H26N2O3/c1-13(2)15-4-7-17(8-5-15)23-10-9-19-18(22)20-16-6-3-14(11-16)12-21/h3-8,13-14,16,21H,9-12H2,1-2H3,(H2,19,20,22)/t14-,16+/m0/s1. The van der Waals surface area contributed by atoms with Crippen molar-refractivity contribution in [2.45, 2.75) is 32.2 Å². The lowest BCUT2D eigenvalue weighted by atomic mass is 10.0. The number of carbonyl (C=O) groups is 1. The van der Waals surface area contributed by atoms with Crippen LogP contribution >= 0.6 is 0 Å². The number of hydrogen-bond donors (Lipinski definition) is 3. The number of ether oxygens (including phenoxy) is 1. The van der Waals surface area contributed by atoms with Gasteiger partial charge in [-0.2, -0.15) is 0 Å². The van der Waals surface area contributed by atoms with Crippen LogP contribution in [-0.4, -0.2) is 36.9 Å². The number of hydrogen-bond acceptors (Lipinski definition) is 3. The van der Waals surface area contributed by atoms with Gasteiger partial charge < -0.3 is 20.5 Å². The van der Waals surface area contributed by atoms with Gasteiger partial charge in [-0.15, -0.1) is 0 Å². The highest BCUT2D eigenvalue weighted by atomic mass is 16.5. The lowest BCUT2D eigenvalue weighted by Crippen LogP contribution is -2.42. The number of aliphatic hydroxyl groups excluding tert-OH is 1. The zero-order valence-electron chi connectivity index (χ0n) is 13.8. The molecule has 2 rings (SSSR count). The molecule has 0 aromatic heterocycles. The van der Waals surface area contributed by atoms with E-state index in [2.05, 4.69) is 36.6 Å². The van der Waals surface area contributed by atoms with Gasteiger partial charge in [0.05, 0.1) is 6.54 Å². The zero-order chi connectivity index (χ0) is 16.7. The molecule has 0 aliphatic heterocycles. The molecule has 0 heterocycles. The Kier molecular flexibility index (Phi) is 6.47. The summed E-state index contributed by atoms with van der Waals surface area (Å²) in [6.45, 7) is 5.30. The molecule has 0 radical (unpaired) electrons. The maximum atomic E-state index is 11.8. The number of aliphatic hydroxyl groups is 1. The molecular weight excluding hydrogens is 292 g/mol. The van der Waals surface area contributed by atoms with Crippen molar-refractivity contribution in [2.75, 3.05) is 19.8 Å². The van der Waals surface area contributed by atoms with Gasteiger partial charge >= 0.3 is 6.03 Å². The van der Waals surface area contributed by atoms with Crippen LogP contribution in [0.15, 0.2) is 36.4 Å². The van der Waals surface area contributed by atoms with E-state index >= 15 is 0 Å². The van der Waals surface area contributed by atoms with Gasteiger partial charge in [-0.25, -0.2) is 4.79 Å². The Bertz CT molecular complexity index is 526. The third-order valence-corrected chi connectivity index (χ3v) is 3.93. The van der Waals surface area contributed by atoms with E-state index in [4.69, 9.17) is 9.84 Å². The molecule has 1 aliphatic rings. The second-order valence-electron chi connectivity index (χ2n) is 6.14. The monoisotopic (exact) mass is 318 g/mol. The van der Waals surface area contributed by atoms with Crippen LogP contribution in [0.5, 0.6) is 5.75 Å². The number of nitrogens with one attached hydrogen (secondary N) is 2. The highest BCUT2D eigenvalue weighted by Crippen LogP contribution is 2.18. The molecule has 0 fully saturated rings. The molecule has 0 spiro atoms. The van der Waals surface area contributed by atoms with E-state index in [-0.39, 0.29) is 24.6 Å². The van der Waals surface area contributed by atoms with E-state index < -0.39 is 0 Å². The fraction of sp³-hybridized carbons (Fsp3) is 0.500. The Labute approximate surface area is 137 Å². The van der Waals surface area contributed by atoms with Crippen LogP contribution < -0.4 is 15.4 Å². The largest absolute Gasteiger partial charge is 0.492 e. The maximum Gasteiger partial charge on any atom is 0.315 e. The van der Waals surface area contributed by atoms with Crippen molar-refractivity contribution in [3.63, 3.8) is 0 Å². The van der Waals surface area contributed by atoms with Crippen molar-refractivity contribution < 1.29 is 14.6 Å². The summed E-state index contributed by atoms with van der Waals surface area (Å²) in [5, 5.41) is 14.7. The van der Waals surface area contributed by atoms with E-state index in [0.717, 1.165) is 12.2 Å². The second-order valence-corrected chi connectivity index (χ2v) is 6.14. The fourth-order valence-electron chi connectivity index (χ4n) is 2.52. The first kappa shape index (κ1) is 17.3. The Morgan fingerprint density at radius 3 is 2.65 bits per heavy atom. The zero-order valence-corrected chi connectivity index (χ0v) is 13.8. The Morgan fingerprint density at radius 1 is 1.30 bits per heavy atom. The van der Waals surface area contributed by atoms with Crippen LogP contribution in [0.25, 0.3) is 0 Å². The summed E-state index contributed by atoms with van der Waals surface area (Å²) in [6.07, 6.45) is 4.62. The van der Waals surface area contributed by atoms with E-state index in [1.165, 1.54) is 5.56 Å². The predicted octanol–water partition coefficient (Wildman–Crippen LogP) is 2.43. The first-order valence-electron chi connectivity index (χ1n) is 8.14. The molecule has 0 unspecified atom stereocenters. The van der Waals surface area contributed by atoms with Crippen LogP contribution in [-0.2, 0) is 0 Å². The molecule has 5 nitrogen and oxygen atoms in total.